The first-order chi connectivity index (χ1) is 10.1. The molecule has 0 saturated carbocycles. The molecule has 0 spiro atoms. The van der Waals surface area contributed by atoms with Crippen LogP contribution in [0.25, 0.3) is 0 Å². The van der Waals surface area contributed by atoms with Crippen molar-refractivity contribution in [2.24, 2.45) is 10.7 Å². The molecule has 1 amide bonds. The first kappa shape index (κ1) is 14.6. The van der Waals surface area contributed by atoms with E-state index in [9.17, 15) is 4.79 Å². The highest BCUT2D eigenvalue weighted by Gasteiger charge is 2.35. The second kappa shape index (κ2) is 5.82. The number of fused-ring (bicyclic) bond motifs is 1. The van der Waals surface area contributed by atoms with Gasteiger partial charge in [0.2, 0.25) is 5.91 Å². The van der Waals surface area contributed by atoms with Gasteiger partial charge >= 0.3 is 0 Å². The predicted molar refractivity (Wildman–Crippen MR) is 82.7 cm³/mol. The van der Waals surface area contributed by atoms with Crippen LogP contribution in [0.4, 0.5) is 5.82 Å². The monoisotopic (exact) mass is 352 g/mol. The van der Waals surface area contributed by atoms with Crippen molar-refractivity contribution in [2.45, 2.75) is 24.8 Å². The molecule has 2 aliphatic rings. The van der Waals surface area contributed by atoms with E-state index in [2.05, 4.69) is 31.2 Å². The molecule has 3 N–H and O–H groups in total. The summed E-state index contributed by atoms with van der Waals surface area (Å²) < 4.78 is 6.19. The van der Waals surface area contributed by atoms with Crippen LogP contribution < -0.4 is 11.1 Å². The van der Waals surface area contributed by atoms with Crippen molar-refractivity contribution in [3.8, 4) is 0 Å². The normalized spacial score (nSPS) is 19.8. The van der Waals surface area contributed by atoms with Crippen molar-refractivity contribution in [3.63, 3.8) is 0 Å². The van der Waals surface area contributed by atoms with Crippen molar-refractivity contribution >= 4 is 33.4 Å². The number of nitrogens with one attached hydrogen (secondary N) is 1. The van der Waals surface area contributed by atoms with E-state index in [1.165, 1.54) is 0 Å². The molecule has 21 heavy (non-hydrogen) atoms. The van der Waals surface area contributed by atoms with Crippen molar-refractivity contribution in [3.05, 3.63) is 22.3 Å². The highest BCUT2D eigenvalue weighted by molar-refractivity contribution is 9.10. The summed E-state index contributed by atoms with van der Waals surface area (Å²) >= 11 is 3.39. The molecule has 1 aromatic rings. The number of hydrogen-bond donors (Lipinski definition) is 2. The molecule has 7 heteroatoms. The number of pyridine rings is 1. The summed E-state index contributed by atoms with van der Waals surface area (Å²) in [5.41, 5.74) is 7.30. The van der Waals surface area contributed by atoms with Gasteiger partial charge in [0.25, 0.3) is 0 Å². The lowest BCUT2D eigenvalue weighted by Crippen LogP contribution is -2.57. The van der Waals surface area contributed by atoms with Gasteiger partial charge in [-0.05, 0) is 34.8 Å². The molecule has 0 bridgehead atoms. The topological polar surface area (TPSA) is 89.6 Å². The quantitative estimate of drug-likeness (QED) is 0.852. The summed E-state index contributed by atoms with van der Waals surface area (Å²) in [4.78, 5) is 20.9. The van der Waals surface area contributed by atoms with Crippen LogP contribution in [0, 0.1) is 0 Å². The Morgan fingerprint density at radius 1 is 1.48 bits per heavy atom. The lowest BCUT2D eigenvalue weighted by Gasteiger charge is -2.31. The number of aliphatic imine (C=N–C) groups is 1. The third kappa shape index (κ3) is 3.14. The molecule has 6 nitrogen and oxygen atoms in total. The number of carbonyl (C=O) groups is 1. The SMILES string of the molecule is NC1(C(=O)NCC2=Nc3ncc(Br)cc3C2)CCOCC1. The number of aromatic nitrogens is 1. The molecule has 0 aromatic carbocycles. The maximum atomic E-state index is 12.2. The summed E-state index contributed by atoms with van der Waals surface area (Å²) in [6.45, 7) is 1.48. The Bertz CT molecular complexity index is 597. The Balaban J connectivity index is 1.58. The molecular weight excluding hydrogens is 336 g/mol. The van der Waals surface area contributed by atoms with E-state index in [0.717, 1.165) is 21.6 Å². The number of halogens is 1. The highest BCUT2D eigenvalue weighted by Crippen LogP contribution is 2.26. The Kier molecular flexibility index (Phi) is 4.05. The van der Waals surface area contributed by atoms with Crippen LogP contribution >= 0.6 is 15.9 Å². The van der Waals surface area contributed by atoms with Gasteiger partial charge in [-0.3, -0.25) is 4.79 Å². The summed E-state index contributed by atoms with van der Waals surface area (Å²) in [5, 5.41) is 2.89. The van der Waals surface area contributed by atoms with Gasteiger partial charge < -0.3 is 15.8 Å². The van der Waals surface area contributed by atoms with E-state index in [1.807, 2.05) is 6.07 Å². The molecule has 1 aromatic heterocycles. The van der Waals surface area contributed by atoms with Crippen LogP contribution in [0.1, 0.15) is 18.4 Å². The zero-order chi connectivity index (χ0) is 14.9. The number of rotatable bonds is 3. The minimum atomic E-state index is -0.814. The Morgan fingerprint density at radius 3 is 3.00 bits per heavy atom. The van der Waals surface area contributed by atoms with Crippen LogP contribution in [0.2, 0.25) is 0 Å². The molecule has 0 unspecified atom stereocenters. The zero-order valence-electron chi connectivity index (χ0n) is 11.6. The van der Waals surface area contributed by atoms with Crippen LogP contribution in [0.5, 0.6) is 0 Å². The molecule has 3 heterocycles. The van der Waals surface area contributed by atoms with Gasteiger partial charge in [-0.2, -0.15) is 0 Å². The van der Waals surface area contributed by atoms with Gasteiger partial charge in [-0.1, -0.05) is 0 Å². The van der Waals surface area contributed by atoms with E-state index < -0.39 is 5.54 Å². The minimum absolute atomic E-state index is 0.126. The Labute approximate surface area is 131 Å². The lowest BCUT2D eigenvalue weighted by atomic mass is 9.90. The number of ether oxygens (including phenoxy) is 1. The highest BCUT2D eigenvalue weighted by atomic mass is 79.9. The fourth-order valence-electron chi connectivity index (χ4n) is 2.54. The van der Waals surface area contributed by atoms with Crippen molar-refractivity contribution in [2.75, 3.05) is 19.8 Å². The number of amides is 1. The van der Waals surface area contributed by atoms with Crippen LogP contribution in [-0.4, -0.2) is 41.9 Å². The molecule has 112 valence electrons. The van der Waals surface area contributed by atoms with Crippen LogP contribution in [-0.2, 0) is 16.0 Å². The first-order valence-corrected chi connectivity index (χ1v) is 7.72. The smallest absolute Gasteiger partial charge is 0.240 e. The van der Waals surface area contributed by atoms with Crippen LogP contribution in [0.15, 0.2) is 21.7 Å². The molecule has 0 atom stereocenters. The summed E-state index contributed by atoms with van der Waals surface area (Å²) in [7, 11) is 0. The Hall–Kier alpha value is -1.31. The number of carbonyl (C=O) groups excluding carboxylic acids is 1. The molecule has 2 aliphatic heterocycles. The average Bonchev–Trinajstić information content (AvgIpc) is 2.87. The van der Waals surface area contributed by atoms with Crippen molar-refractivity contribution < 1.29 is 9.53 Å². The second-order valence-corrected chi connectivity index (χ2v) is 6.36. The first-order valence-electron chi connectivity index (χ1n) is 6.93. The molecule has 1 fully saturated rings. The third-order valence-electron chi connectivity index (χ3n) is 3.86. The Morgan fingerprint density at radius 2 is 2.24 bits per heavy atom. The molecular formula is C14H17BrN4O2. The standard InChI is InChI=1S/C14H17BrN4O2/c15-10-5-9-6-11(19-12(9)17-7-10)8-18-13(20)14(16)1-3-21-4-2-14/h5,7H,1-4,6,8,16H2,(H,18,20). The maximum Gasteiger partial charge on any atom is 0.240 e. The molecule has 0 aliphatic carbocycles. The second-order valence-electron chi connectivity index (χ2n) is 5.44. The maximum absolute atomic E-state index is 12.2. The van der Waals surface area contributed by atoms with E-state index in [4.69, 9.17) is 10.5 Å². The fraction of sp³-hybridized carbons (Fsp3) is 0.500. The van der Waals surface area contributed by atoms with Gasteiger partial charge in [0, 0.05) is 41.6 Å². The van der Waals surface area contributed by atoms with E-state index in [-0.39, 0.29) is 5.91 Å². The zero-order valence-corrected chi connectivity index (χ0v) is 13.1. The number of hydrogen-bond acceptors (Lipinski definition) is 5. The van der Waals surface area contributed by atoms with Crippen molar-refractivity contribution in [1.29, 1.82) is 0 Å². The van der Waals surface area contributed by atoms with Gasteiger partial charge in [0.1, 0.15) is 0 Å². The summed E-state index contributed by atoms with van der Waals surface area (Å²) in [5.74, 6) is 0.606. The van der Waals surface area contributed by atoms with Gasteiger partial charge in [-0.15, -0.1) is 0 Å². The molecule has 0 radical (unpaired) electrons. The predicted octanol–water partition coefficient (Wildman–Crippen LogP) is 1.10. The van der Waals surface area contributed by atoms with Gasteiger partial charge in [-0.25, -0.2) is 9.98 Å². The van der Waals surface area contributed by atoms with Gasteiger partial charge in [0.15, 0.2) is 5.82 Å². The van der Waals surface area contributed by atoms with Crippen LogP contribution in [0.3, 0.4) is 0 Å². The lowest BCUT2D eigenvalue weighted by molar-refractivity contribution is -0.129. The third-order valence-corrected chi connectivity index (χ3v) is 4.29. The van der Waals surface area contributed by atoms with Gasteiger partial charge in [0.05, 0.1) is 12.1 Å². The fourth-order valence-corrected chi connectivity index (χ4v) is 2.92. The van der Waals surface area contributed by atoms with E-state index in [0.29, 0.717) is 39.0 Å². The summed E-state index contributed by atoms with van der Waals surface area (Å²) in [6, 6.07) is 2.00. The average molecular weight is 353 g/mol. The molecule has 1 saturated heterocycles. The van der Waals surface area contributed by atoms with E-state index in [1.54, 1.807) is 6.20 Å². The number of nitrogens with two attached hydrogens (primary N) is 1. The molecule has 3 rings (SSSR count). The largest absolute Gasteiger partial charge is 0.381 e. The minimum Gasteiger partial charge on any atom is -0.381 e. The number of nitrogens with zero attached hydrogens (tertiary/aromatic N) is 2. The van der Waals surface area contributed by atoms with Crippen molar-refractivity contribution in [1.82, 2.24) is 10.3 Å². The van der Waals surface area contributed by atoms with E-state index >= 15 is 0 Å². The summed E-state index contributed by atoms with van der Waals surface area (Å²) in [6.07, 6.45) is 3.55.